The predicted octanol–water partition coefficient (Wildman–Crippen LogP) is 2.57. The maximum absolute atomic E-state index is 5.75. The molecule has 0 bridgehead atoms. The van der Waals surface area contributed by atoms with Crippen molar-refractivity contribution in [3.8, 4) is 0 Å². The second kappa shape index (κ2) is 6.28. The first-order valence-electron chi connectivity index (χ1n) is 6.05. The summed E-state index contributed by atoms with van der Waals surface area (Å²) in [5.41, 5.74) is 10.3. The van der Waals surface area contributed by atoms with Crippen molar-refractivity contribution >= 4 is 0 Å². The van der Waals surface area contributed by atoms with Crippen LogP contribution in [0.2, 0.25) is 0 Å². The summed E-state index contributed by atoms with van der Waals surface area (Å²) in [4.78, 5) is 4.18. The maximum atomic E-state index is 5.75. The highest BCUT2D eigenvalue weighted by Gasteiger charge is 2.04. The lowest BCUT2D eigenvalue weighted by atomic mass is 10.1. The molecule has 0 amide bonds. The van der Waals surface area contributed by atoms with Crippen molar-refractivity contribution in [2.24, 2.45) is 5.73 Å². The zero-order valence-electron chi connectivity index (χ0n) is 10.6. The Morgan fingerprint density at radius 2 is 1.89 bits per heavy atom. The molecule has 3 heteroatoms. The Kier molecular flexibility index (Phi) is 4.45. The molecule has 1 aromatic heterocycles. The summed E-state index contributed by atoms with van der Waals surface area (Å²) in [7, 11) is 0. The number of pyridine rings is 1. The minimum Gasteiger partial charge on any atom is -0.372 e. The summed E-state index contributed by atoms with van der Waals surface area (Å²) in [6.45, 7) is 3.71. The molecule has 0 aliphatic rings. The number of aryl methyl sites for hydroxylation is 1. The number of ether oxygens (including phenoxy) is 1. The highest BCUT2D eigenvalue weighted by Crippen LogP contribution is 2.13. The standard InChI is InChI=1S/C15H18N2O/c1-12-8-17-9-14(15(12)7-16)11-18-10-13-5-3-2-4-6-13/h2-6,8-9H,7,10-11,16H2,1H3. The van der Waals surface area contributed by atoms with E-state index in [9.17, 15) is 0 Å². The van der Waals surface area contributed by atoms with Crippen molar-refractivity contribution in [1.29, 1.82) is 0 Å². The van der Waals surface area contributed by atoms with Gasteiger partial charge in [0.15, 0.2) is 0 Å². The van der Waals surface area contributed by atoms with Gasteiger partial charge in [0.1, 0.15) is 0 Å². The average Bonchev–Trinajstić information content (AvgIpc) is 2.40. The molecule has 2 aromatic rings. The van der Waals surface area contributed by atoms with E-state index < -0.39 is 0 Å². The fraction of sp³-hybridized carbons (Fsp3) is 0.267. The van der Waals surface area contributed by atoms with Crippen molar-refractivity contribution < 1.29 is 4.74 Å². The van der Waals surface area contributed by atoms with Crippen molar-refractivity contribution in [2.75, 3.05) is 0 Å². The van der Waals surface area contributed by atoms with Crippen LogP contribution < -0.4 is 5.73 Å². The Morgan fingerprint density at radius 3 is 2.61 bits per heavy atom. The number of hydrogen-bond donors (Lipinski definition) is 1. The Morgan fingerprint density at radius 1 is 1.11 bits per heavy atom. The van der Waals surface area contributed by atoms with E-state index in [-0.39, 0.29) is 0 Å². The van der Waals surface area contributed by atoms with Gasteiger partial charge in [-0.1, -0.05) is 30.3 Å². The van der Waals surface area contributed by atoms with Gasteiger partial charge < -0.3 is 10.5 Å². The zero-order valence-corrected chi connectivity index (χ0v) is 10.6. The van der Waals surface area contributed by atoms with E-state index in [2.05, 4.69) is 17.1 Å². The van der Waals surface area contributed by atoms with Gasteiger partial charge >= 0.3 is 0 Å². The van der Waals surface area contributed by atoms with Gasteiger partial charge in [-0.2, -0.15) is 0 Å². The van der Waals surface area contributed by atoms with Crippen LogP contribution in [0.5, 0.6) is 0 Å². The van der Waals surface area contributed by atoms with Crippen LogP contribution in [0.1, 0.15) is 22.3 Å². The number of benzene rings is 1. The molecule has 0 atom stereocenters. The highest BCUT2D eigenvalue weighted by atomic mass is 16.5. The van der Waals surface area contributed by atoms with E-state index in [1.54, 1.807) is 0 Å². The van der Waals surface area contributed by atoms with Crippen molar-refractivity contribution in [2.45, 2.75) is 26.7 Å². The fourth-order valence-corrected chi connectivity index (χ4v) is 1.92. The molecule has 2 rings (SSSR count). The first-order valence-corrected chi connectivity index (χ1v) is 6.05. The monoisotopic (exact) mass is 242 g/mol. The number of aromatic nitrogens is 1. The molecule has 0 unspecified atom stereocenters. The van der Waals surface area contributed by atoms with Gasteiger partial charge in [-0.15, -0.1) is 0 Å². The van der Waals surface area contributed by atoms with Gasteiger partial charge in [-0.05, 0) is 23.6 Å². The molecule has 0 fully saturated rings. The van der Waals surface area contributed by atoms with Crippen LogP contribution in [0.25, 0.3) is 0 Å². The summed E-state index contributed by atoms with van der Waals surface area (Å²) >= 11 is 0. The van der Waals surface area contributed by atoms with Crippen LogP contribution in [0.4, 0.5) is 0 Å². The zero-order chi connectivity index (χ0) is 12.8. The Labute approximate surface area is 108 Å². The SMILES string of the molecule is Cc1cncc(COCc2ccccc2)c1CN. The molecule has 0 aliphatic heterocycles. The minimum absolute atomic E-state index is 0.526. The normalized spacial score (nSPS) is 10.6. The van der Waals surface area contributed by atoms with E-state index in [0.29, 0.717) is 19.8 Å². The molecule has 0 aliphatic carbocycles. The van der Waals surface area contributed by atoms with Crippen LogP contribution in [-0.4, -0.2) is 4.98 Å². The van der Waals surface area contributed by atoms with E-state index >= 15 is 0 Å². The lowest BCUT2D eigenvalue weighted by Gasteiger charge is -2.10. The molecule has 94 valence electrons. The van der Waals surface area contributed by atoms with Crippen LogP contribution in [-0.2, 0) is 24.5 Å². The van der Waals surface area contributed by atoms with Gasteiger partial charge in [-0.25, -0.2) is 0 Å². The van der Waals surface area contributed by atoms with Crippen LogP contribution in [0.3, 0.4) is 0 Å². The van der Waals surface area contributed by atoms with E-state index in [0.717, 1.165) is 16.7 Å². The molecular weight excluding hydrogens is 224 g/mol. The average molecular weight is 242 g/mol. The smallest absolute Gasteiger partial charge is 0.0739 e. The van der Waals surface area contributed by atoms with E-state index in [1.165, 1.54) is 5.56 Å². The summed E-state index contributed by atoms with van der Waals surface area (Å²) in [6, 6.07) is 10.1. The van der Waals surface area contributed by atoms with Crippen molar-refractivity contribution in [3.05, 3.63) is 65.0 Å². The highest BCUT2D eigenvalue weighted by molar-refractivity contribution is 5.30. The number of nitrogens with two attached hydrogens (primary N) is 1. The van der Waals surface area contributed by atoms with Gasteiger partial charge in [0.2, 0.25) is 0 Å². The summed E-state index contributed by atoms with van der Waals surface area (Å²) in [5, 5.41) is 0. The number of nitrogens with zero attached hydrogens (tertiary/aromatic N) is 1. The first kappa shape index (κ1) is 12.7. The number of rotatable bonds is 5. The van der Waals surface area contributed by atoms with Crippen LogP contribution in [0, 0.1) is 6.92 Å². The molecule has 18 heavy (non-hydrogen) atoms. The third kappa shape index (κ3) is 3.15. The van der Waals surface area contributed by atoms with Crippen molar-refractivity contribution in [1.82, 2.24) is 4.98 Å². The van der Waals surface area contributed by atoms with E-state index in [4.69, 9.17) is 10.5 Å². The first-order chi connectivity index (χ1) is 8.81. The second-order valence-electron chi connectivity index (χ2n) is 4.28. The molecule has 0 saturated heterocycles. The Bertz CT molecular complexity index is 497. The maximum Gasteiger partial charge on any atom is 0.0739 e. The molecule has 0 radical (unpaired) electrons. The summed E-state index contributed by atoms with van der Waals surface area (Å²) in [6.07, 6.45) is 3.67. The quantitative estimate of drug-likeness (QED) is 0.876. The van der Waals surface area contributed by atoms with Gasteiger partial charge in [-0.3, -0.25) is 4.98 Å². The molecular formula is C15H18N2O. The molecule has 2 N–H and O–H groups in total. The molecule has 3 nitrogen and oxygen atoms in total. The minimum atomic E-state index is 0.526. The van der Waals surface area contributed by atoms with Gasteiger partial charge in [0, 0.05) is 24.5 Å². The third-order valence-electron chi connectivity index (χ3n) is 2.94. The van der Waals surface area contributed by atoms with Gasteiger partial charge in [0.05, 0.1) is 13.2 Å². The Balaban J connectivity index is 1.96. The van der Waals surface area contributed by atoms with Crippen LogP contribution >= 0.6 is 0 Å². The lowest BCUT2D eigenvalue weighted by molar-refractivity contribution is 0.106. The summed E-state index contributed by atoms with van der Waals surface area (Å²) in [5.74, 6) is 0. The molecule has 1 aromatic carbocycles. The topological polar surface area (TPSA) is 48.1 Å². The fourth-order valence-electron chi connectivity index (χ4n) is 1.92. The molecule has 0 saturated carbocycles. The lowest BCUT2D eigenvalue weighted by Crippen LogP contribution is -2.06. The number of hydrogen-bond acceptors (Lipinski definition) is 3. The Hall–Kier alpha value is -1.71. The largest absolute Gasteiger partial charge is 0.372 e. The van der Waals surface area contributed by atoms with Crippen LogP contribution in [0.15, 0.2) is 42.7 Å². The molecule has 0 spiro atoms. The third-order valence-corrected chi connectivity index (χ3v) is 2.94. The van der Waals surface area contributed by atoms with Crippen molar-refractivity contribution in [3.63, 3.8) is 0 Å². The van der Waals surface area contributed by atoms with E-state index in [1.807, 2.05) is 37.5 Å². The second-order valence-corrected chi connectivity index (χ2v) is 4.28. The predicted molar refractivity (Wildman–Crippen MR) is 71.8 cm³/mol. The molecule has 1 heterocycles. The van der Waals surface area contributed by atoms with Gasteiger partial charge in [0.25, 0.3) is 0 Å². The summed E-state index contributed by atoms with van der Waals surface area (Å²) < 4.78 is 5.71.